The molecule has 0 aromatic heterocycles. The number of aliphatic hydroxyl groups is 1. The molecule has 1 fully saturated rings. The quantitative estimate of drug-likeness (QED) is 0.686. The van der Waals surface area contributed by atoms with Gasteiger partial charge in [-0.3, -0.25) is 0 Å². The minimum atomic E-state index is -0.152. The van der Waals surface area contributed by atoms with E-state index in [0.717, 1.165) is 13.0 Å². The SMILES string of the molecule is CC(C)CC(O)CNC1CCCC1. The summed E-state index contributed by atoms with van der Waals surface area (Å²) >= 11 is 0. The van der Waals surface area contributed by atoms with Gasteiger partial charge in [-0.15, -0.1) is 0 Å². The van der Waals surface area contributed by atoms with E-state index in [1.807, 2.05) is 0 Å². The zero-order valence-electron chi connectivity index (χ0n) is 8.92. The van der Waals surface area contributed by atoms with Gasteiger partial charge in [-0.1, -0.05) is 26.7 Å². The average molecular weight is 185 g/mol. The Hall–Kier alpha value is -0.0800. The van der Waals surface area contributed by atoms with E-state index in [4.69, 9.17) is 0 Å². The summed E-state index contributed by atoms with van der Waals surface area (Å²) in [6.45, 7) is 5.08. The Labute approximate surface area is 81.7 Å². The first-order chi connectivity index (χ1) is 6.18. The molecule has 1 saturated carbocycles. The van der Waals surface area contributed by atoms with Crippen LogP contribution in [-0.4, -0.2) is 23.8 Å². The van der Waals surface area contributed by atoms with Crippen LogP contribution in [0.4, 0.5) is 0 Å². The van der Waals surface area contributed by atoms with Gasteiger partial charge in [-0.2, -0.15) is 0 Å². The Morgan fingerprint density at radius 3 is 2.46 bits per heavy atom. The molecular weight excluding hydrogens is 162 g/mol. The Morgan fingerprint density at radius 2 is 1.92 bits per heavy atom. The lowest BCUT2D eigenvalue weighted by atomic mass is 10.1. The third-order valence-corrected chi connectivity index (χ3v) is 2.74. The van der Waals surface area contributed by atoms with Crippen molar-refractivity contribution >= 4 is 0 Å². The second-order valence-electron chi connectivity index (χ2n) is 4.67. The number of aliphatic hydroxyl groups excluding tert-OH is 1. The molecule has 1 aliphatic rings. The predicted molar refractivity (Wildman–Crippen MR) is 55.7 cm³/mol. The molecule has 1 unspecified atom stereocenters. The van der Waals surface area contributed by atoms with Gasteiger partial charge in [0.15, 0.2) is 0 Å². The summed E-state index contributed by atoms with van der Waals surface area (Å²) < 4.78 is 0. The van der Waals surface area contributed by atoms with Crippen LogP contribution in [0.1, 0.15) is 46.0 Å². The van der Waals surface area contributed by atoms with Crippen molar-refractivity contribution in [1.82, 2.24) is 5.32 Å². The van der Waals surface area contributed by atoms with Crippen LogP contribution in [0.2, 0.25) is 0 Å². The number of rotatable bonds is 5. The zero-order valence-corrected chi connectivity index (χ0v) is 8.92. The molecule has 1 atom stereocenters. The molecule has 0 heterocycles. The lowest BCUT2D eigenvalue weighted by Crippen LogP contribution is -2.34. The van der Waals surface area contributed by atoms with Gasteiger partial charge >= 0.3 is 0 Å². The standard InChI is InChI=1S/C11H23NO/c1-9(2)7-11(13)8-12-10-5-3-4-6-10/h9-13H,3-8H2,1-2H3. The van der Waals surface area contributed by atoms with Crippen LogP contribution in [0.5, 0.6) is 0 Å². The first-order valence-corrected chi connectivity index (χ1v) is 5.60. The fraction of sp³-hybridized carbons (Fsp3) is 1.00. The number of hydrogen-bond donors (Lipinski definition) is 2. The summed E-state index contributed by atoms with van der Waals surface area (Å²) in [4.78, 5) is 0. The third-order valence-electron chi connectivity index (χ3n) is 2.74. The lowest BCUT2D eigenvalue weighted by molar-refractivity contribution is 0.142. The second kappa shape index (κ2) is 5.61. The topological polar surface area (TPSA) is 32.3 Å². The molecule has 0 amide bonds. The van der Waals surface area contributed by atoms with E-state index in [-0.39, 0.29) is 6.10 Å². The molecule has 0 aromatic carbocycles. The monoisotopic (exact) mass is 185 g/mol. The second-order valence-corrected chi connectivity index (χ2v) is 4.67. The molecule has 78 valence electrons. The Morgan fingerprint density at radius 1 is 1.31 bits per heavy atom. The molecule has 1 aliphatic carbocycles. The van der Waals surface area contributed by atoms with Gasteiger partial charge in [0, 0.05) is 12.6 Å². The average Bonchev–Trinajstić information content (AvgIpc) is 2.51. The summed E-state index contributed by atoms with van der Waals surface area (Å²) in [5, 5.41) is 13.1. The molecule has 1 rings (SSSR count). The highest BCUT2D eigenvalue weighted by atomic mass is 16.3. The molecule has 2 heteroatoms. The summed E-state index contributed by atoms with van der Waals surface area (Å²) in [7, 11) is 0. The van der Waals surface area contributed by atoms with Crippen molar-refractivity contribution in [3.8, 4) is 0 Å². The van der Waals surface area contributed by atoms with E-state index >= 15 is 0 Å². The van der Waals surface area contributed by atoms with Crippen molar-refractivity contribution in [3.05, 3.63) is 0 Å². The summed E-state index contributed by atoms with van der Waals surface area (Å²) in [5.41, 5.74) is 0. The molecule has 2 N–H and O–H groups in total. The first kappa shape index (κ1) is 11.0. The minimum absolute atomic E-state index is 0.152. The molecule has 0 bridgehead atoms. The Kier molecular flexibility index (Phi) is 4.74. The van der Waals surface area contributed by atoms with Crippen molar-refractivity contribution in [2.24, 2.45) is 5.92 Å². The Bertz CT molecular complexity index is 130. The maximum Gasteiger partial charge on any atom is 0.0667 e. The van der Waals surface area contributed by atoms with Crippen molar-refractivity contribution in [2.45, 2.75) is 58.1 Å². The summed E-state index contributed by atoms with van der Waals surface area (Å²) in [5.74, 6) is 0.598. The van der Waals surface area contributed by atoms with Crippen molar-refractivity contribution in [3.63, 3.8) is 0 Å². The number of nitrogens with one attached hydrogen (secondary N) is 1. The summed E-state index contributed by atoms with van der Waals surface area (Å²) in [6.07, 6.45) is 6.08. The van der Waals surface area contributed by atoms with Crippen LogP contribution >= 0.6 is 0 Å². The van der Waals surface area contributed by atoms with Crippen molar-refractivity contribution in [2.75, 3.05) is 6.54 Å². The third kappa shape index (κ3) is 4.63. The molecule has 0 aromatic rings. The van der Waals surface area contributed by atoms with Gasteiger partial charge in [0.1, 0.15) is 0 Å². The fourth-order valence-corrected chi connectivity index (χ4v) is 2.06. The van der Waals surface area contributed by atoms with Gasteiger partial charge in [0.05, 0.1) is 6.10 Å². The smallest absolute Gasteiger partial charge is 0.0667 e. The first-order valence-electron chi connectivity index (χ1n) is 5.60. The Balaban J connectivity index is 2.03. The van der Waals surface area contributed by atoms with E-state index in [1.165, 1.54) is 25.7 Å². The fourth-order valence-electron chi connectivity index (χ4n) is 2.06. The van der Waals surface area contributed by atoms with Crippen molar-refractivity contribution < 1.29 is 5.11 Å². The zero-order chi connectivity index (χ0) is 9.68. The molecule has 2 nitrogen and oxygen atoms in total. The van der Waals surface area contributed by atoms with E-state index in [9.17, 15) is 5.11 Å². The molecule has 0 spiro atoms. The van der Waals surface area contributed by atoms with Gasteiger partial charge in [0.2, 0.25) is 0 Å². The highest BCUT2D eigenvalue weighted by Crippen LogP contribution is 2.17. The van der Waals surface area contributed by atoms with Gasteiger partial charge in [0.25, 0.3) is 0 Å². The van der Waals surface area contributed by atoms with Crippen LogP contribution < -0.4 is 5.32 Å². The highest BCUT2D eigenvalue weighted by molar-refractivity contribution is 4.75. The molecule has 0 saturated heterocycles. The van der Waals surface area contributed by atoms with Gasteiger partial charge < -0.3 is 10.4 Å². The van der Waals surface area contributed by atoms with Gasteiger partial charge in [-0.05, 0) is 25.2 Å². The van der Waals surface area contributed by atoms with E-state index in [1.54, 1.807) is 0 Å². The van der Waals surface area contributed by atoms with E-state index in [2.05, 4.69) is 19.2 Å². The minimum Gasteiger partial charge on any atom is -0.392 e. The van der Waals surface area contributed by atoms with Crippen LogP contribution in [0, 0.1) is 5.92 Å². The van der Waals surface area contributed by atoms with Crippen LogP contribution in [-0.2, 0) is 0 Å². The van der Waals surface area contributed by atoms with Gasteiger partial charge in [-0.25, -0.2) is 0 Å². The molecule has 13 heavy (non-hydrogen) atoms. The number of hydrogen-bond acceptors (Lipinski definition) is 2. The van der Waals surface area contributed by atoms with Crippen LogP contribution in [0.3, 0.4) is 0 Å². The van der Waals surface area contributed by atoms with E-state index < -0.39 is 0 Å². The highest BCUT2D eigenvalue weighted by Gasteiger charge is 2.15. The van der Waals surface area contributed by atoms with Crippen LogP contribution in [0.25, 0.3) is 0 Å². The molecular formula is C11H23NO. The lowest BCUT2D eigenvalue weighted by Gasteiger charge is -2.17. The van der Waals surface area contributed by atoms with E-state index in [0.29, 0.717) is 12.0 Å². The normalized spacial score (nSPS) is 21.2. The van der Waals surface area contributed by atoms with Crippen LogP contribution in [0.15, 0.2) is 0 Å². The maximum absolute atomic E-state index is 9.62. The predicted octanol–water partition coefficient (Wildman–Crippen LogP) is 1.93. The molecule has 0 aliphatic heterocycles. The maximum atomic E-state index is 9.62. The van der Waals surface area contributed by atoms with Crippen molar-refractivity contribution in [1.29, 1.82) is 0 Å². The largest absolute Gasteiger partial charge is 0.392 e. The summed E-state index contributed by atoms with van der Waals surface area (Å²) in [6, 6.07) is 0.682. The molecule has 0 radical (unpaired) electrons.